The lowest BCUT2D eigenvalue weighted by atomic mass is 10.1. The molecule has 1 fully saturated rings. The molecule has 1 aromatic heterocycles. The SMILES string of the molecule is C=C1NCC(C)(C)N1c1ccnc(Cl)n1. The second-order valence-electron chi connectivity index (χ2n) is 4.13. The number of rotatable bonds is 1. The molecule has 1 saturated heterocycles. The van der Waals surface area contributed by atoms with Crippen molar-refractivity contribution in [2.45, 2.75) is 19.4 Å². The standard InChI is InChI=1S/C10H13ClN4/c1-7-13-6-10(2,3)15(7)8-4-5-12-9(11)14-8/h4-5,13H,1,6H2,2-3H3. The predicted octanol–water partition coefficient (Wildman–Crippen LogP) is 1.79. The van der Waals surface area contributed by atoms with E-state index in [9.17, 15) is 0 Å². The molecule has 0 atom stereocenters. The Morgan fingerprint density at radius 2 is 2.33 bits per heavy atom. The Labute approximate surface area is 94.0 Å². The topological polar surface area (TPSA) is 41.0 Å². The quantitative estimate of drug-likeness (QED) is 0.739. The molecule has 0 saturated carbocycles. The van der Waals surface area contributed by atoms with Crippen molar-refractivity contribution in [3.8, 4) is 0 Å². The molecular formula is C10H13ClN4. The highest BCUT2D eigenvalue weighted by molar-refractivity contribution is 6.28. The van der Waals surface area contributed by atoms with Crippen molar-refractivity contribution >= 4 is 17.4 Å². The average molecular weight is 225 g/mol. The van der Waals surface area contributed by atoms with Gasteiger partial charge in [-0.05, 0) is 31.5 Å². The van der Waals surface area contributed by atoms with Crippen LogP contribution in [0.4, 0.5) is 5.82 Å². The Hall–Kier alpha value is -1.29. The van der Waals surface area contributed by atoms with E-state index in [0.29, 0.717) is 0 Å². The maximum absolute atomic E-state index is 5.77. The Bertz CT molecular complexity index is 402. The first kappa shape index (κ1) is 10.2. The second kappa shape index (κ2) is 3.38. The molecule has 0 bridgehead atoms. The molecule has 0 spiro atoms. The van der Waals surface area contributed by atoms with E-state index in [0.717, 1.165) is 18.2 Å². The third-order valence-electron chi connectivity index (χ3n) is 2.44. The average Bonchev–Trinajstić information content (AvgIpc) is 2.40. The van der Waals surface area contributed by atoms with Crippen LogP contribution in [0.5, 0.6) is 0 Å². The Kier molecular flexibility index (Phi) is 2.31. The van der Waals surface area contributed by atoms with E-state index in [1.807, 2.05) is 11.0 Å². The van der Waals surface area contributed by atoms with E-state index in [4.69, 9.17) is 11.6 Å². The van der Waals surface area contributed by atoms with Crippen LogP contribution in [0, 0.1) is 0 Å². The number of hydrogen-bond donors (Lipinski definition) is 1. The molecule has 0 radical (unpaired) electrons. The fourth-order valence-electron chi connectivity index (χ4n) is 1.74. The van der Waals surface area contributed by atoms with Crippen LogP contribution in [-0.4, -0.2) is 22.1 Å². The molecular weight excluding hydrogens is 212 g/mol. The van der Waals surface area contributed by atoms with Crippen LogP contribution in [0.15, 0.2) is 24.7 Å². The highest BCUT2D eigenvalue weighted by atomic mass is 35.5. The molecule has 1 aliphatic rings. The molecule has 80 valence electrons. The van der Waals surface area contributed by atoms with Crippen molar-refractivity contribution in [2.24, 2.45) is 0 Å². The minimum atomic E-state index is -0.0469. The lowest BCUT2D eigenvalue weighted by Gasteiger charge is -2.30. The summed E-state index contributed by atoms with van der Waals surface area (Å²) in [6.45, 7) is 9.03. The van der Waals surface area contributed by atoms with Crippen molar-refractivity contribution in [1.29, 1.82) is 0 Å². The Balaban J connectivity index is 2.41. The van der Waals surface area contributed by atoms with Crippen LogP contribution in [0.3, 0.4) is 0 Å². The molecule has 0 aliphatic carbocycles. The van der Waals surface area contributed by atoms with Gasteiger partial charge in [-0.2, -0.15) is 0 Å². The van der Waals surface area contributed by atoms with Crippen molar-refractivity contribution in [3.05, 3.63) is 29.9 Å². The first-order valence-corrected chi connectivity index (χ1v) is 5.10. The summed E-state index contributed by atoms with van der Waals surface area (Å²) < 4.78 is 0. The van der Waals surface area contributed by atoms with Gasteiger partial charge in [0.1, 0.15) is 11.6 Å². The highest BCUT2D eigenvalue weighted by Gasteiger charge is 2.35. The van der Waals surface area contributed by atoms with Gasteiger partial charge in [0.05, 0.1) is 5.54 Å². The van der Waals surface area contributed by atoms with Crippen LogP contribution in [0.1, 0.15) is 13.8 Å². The molecule has 15 heavy (non-hydrogen) atoms. The summed E-state index contributed by atoms with van der Waals surface area (Å²) in [7, 11) is 0. The minimum Gasteiger partial charge on any atom is -0.370 e. The molecule has 5 heteroatoms. The smallest absolute Gasteiger partial charge is 0.224 e. The van der Waals surface area contributed by atoms with Gasteiger partial charge >= 0.3 is 0 Å². The van der Waals surface area contributed by atoms with Gasteiger partial charge in [0.2, 0.25) is 5.28 Å². The summed E-state index contributed by atoms with van der Waals surface area (Å²) in [5, 5.41) is 3.46. The summed E-state index contributed by atoms with van der Waals surface area (Å²) in [4.78, 5) is 10.1. The van der Waals surface area contributed by atoms with Crippen LogP contribution >= 0.6 is 11.6 Å². The van der Waals surface area contributed by atoms with Crippen molar-refractivity contribution in [2.75, 3.05) is 11.4 Å². The number of nitrogens with one attached hydrogen (secondary N) is 1. The summed E-state index contributed by atoms with van der Waals surface area (Å²) in [6.07, 6.45) is 1.65. The van der Waals surface area contributed by atoms with E-state index in [2.05, 4.69) is 35.7 Å². The monoisotopic (exact) mass is 224 g/mol. The number of halogens is 1. The van der Waals surface area contributed by atoms with E-state index in [1.54, 1.807) is 6.20 Å². The molecule has 0 amide bonds. The van der Waals surface area contributed by atoms with Gasteiger partial charge in [-0.15, -0.1) is 0 Å². The van der Waals surface area contributed by atoms with Gasteiger partial charge in [0, 0.05) is 12.7 Å². The molecule has 0 unspecified atom stereocenters. The van der Waals surface area contributed by atoms with Gasteiger partial charge in [0.25, 0.3) is 0 Å². The normalized spacial score (nSPS) is 19.1. The maximum Gasteiger partial charge on any atom is 0.224 e. The molecule has 1 aromatic rings. The van der Waals surface area contributed by atoms with E-state index >= 15 is 0 Å². The third-order valence-corrected chi connectivity index (χ3v) is 2.62. The van der Waals surface area contributed by atoms with Crippen molar-refractivity contribution in [3.63, 3.8) is 0 Å². The van der Waals surface area contributed by atoms with Gasteiger partial charge in [-0.3, -0.25) is 0 Å². The largest absolute Gasteiger partial charge is 0.370 e. The highest BCUT2D eigenvalue weighted by Crippen LogP contribution is 2.29. The van der Waals surface area contributed by atoms with Gasteiger partial charge in [-0.1, -0.05) is 6.58 Å². The molecule has 2 rings (SSSR count). The second-order valence-corrected chi connectivity index (χ2v) is 4.47. The molecule has 4 nitrogen and oxygen atoms in total. The van der Waals surface area contributed by atoms with Gasteiger partial charge in [-0.25, -0.2) is 9.97 Å². The predicted molar refractivity (Wildman–Crippen MR) is 60.7 cm³/mol. The van der Waals surface area contributed by atoms with Crippen LogP contribution in [0.25, 0.3) is 0 Å². The van der Waals surface area contributed by atoms with Crippen LogP contribution < -0.4 is 10.2 Å². The fraction of sp³-hybridized carbons (Fsp3) is 0.400. The molecule has 1 aliphatic heterocycles. The first-order chi connectivity index (χ1) is 7.00. The molecule has 1 N–H and O–H groups in total. The minimum absolute atomic E-state index is 0.0469. The zero-order chi connectivity index (χ0) is 11.1. The summed E-state index contributed by atoms with van der Waals surface area (Å²) in [5.41, 5.74) is -0.0469. The summed E-state index contributed by atoms with van der Waals surface area (Å²) in [5.74, 6) is 1.62. The third kappa shape index (κ3) is 1.77. The van der Waals surface area contributed by atoms with E-state index < -0.39 is 0 Å². The summed E-state index contributed by atoms with van der Waals surface area (Å²) in [6, 6.07) is 1.83. The van der Waals surface area contributed by atoms with E-state index in [1.165, 1.54) is 0 Å². The van der Waals surface area contributed by atoms with Crippen molar-refractivity contribution < 1.29 is 0 Å². The van der Waals surface area contributed by atoms with Crippen LogP contribution in [-0.2, 0) is 0 Å². The van der Waals surface area contributed by atoms with Gasteiger partial charge in [0.15, 0.2) is 0 Å². The first-order valence-electron chi connectivity index (χ1n) is 4.72. The molecule has 0 aromatic carbocycles. The zero-order valence-electron chi connectivity index (χ0n) is 8.79. The van der Waals surface area contributed by atoms with Crippen LogP contribution in [0.2, 0.25) is 5.28 Å². The Morgan fingerprint density at radius 1 is 1.60 bits per heavy atom. The fourth-order valence-corrected chi connectivity index (χ4v) is 1.88. The van der Waals surface area contributed by atoms with Gasteiger partial charge < -0.3 is 10.2 Å². The lowest BCUT2D eigenvalue weighted by molar-refractivity contribution is 0.547. The number of nitrogens with zero attached hydrogens (tertiary/aromatic N) is 3. The molecule has 2 heterocycles. The number of anilines is 1. The number of hydrogen-bond acceptors (Lipinski definition) is 4. The van der Waals surface area contributed by atoms with E-state index in [-0.39, 0.29) is 10.8 Å². The summed E-state index contributed by atoms with van der Waals surface area (Å²) >= 11 is 5.77. The number of aromatic nitrogens is 2. The zero-order valence-corrected chi connectivity index (χ0v) is 9.54. The van der Waals surface area contributed by atoms with Crippen molar-refractivity contribution in [1.82, 2.24) is 15.3 Å². The Morgan fingerprint density at radius 3 is 2.87 bits per heavy atom. The lowest BCUT2D eigenvalue weighted by Crippen LogP contribution is -2.39. The maximum atomic E-state index is 5.77.